The van der Waals surface area contributed by atoms with Crippen LogP contribution in [0, 0.1) is 0 Å². The summed E-state index contributed by atoms with van der Waals surface area (Å²) in [5, 5.41) is 5.68. The highest BCUT2D eigenvalue weighted by Gasteiger charge is 2.14. The maximum atomic E-state index is 12.6. The van der Waals surface area contributed by atoms with E-state index in [4.69, 9.17) is 0 Å². The Morgan fingerprint density at radius 2 is 1.93 bits per heavy atom. The monoisotopic (exact) mass is 423 g/mol. The van der Waals surface area contributed by atoms with E-state index in [1.165, 1.54) is 23.5 Å². The van der Waals surface area contributed by atoms with Crippen LogP contribution in [-0.4, -0.2) is 22.5 Å². The molecule has 0 atom stereocenters. The number of hydrogen-bond acceptors (Lipinski definition) is 5. The van der Waals surface area contributed by atoms with Crippen molar-refractivity contribution >= 4 is 39.4 Å². The molecule has 5 nitrogen and oxygen atoms in total. The van der Waals surface area contributed by atoms with Crippen LogP contribution in [0.2, 0.25) is 0 Å². The molecule has 0 saturated heterocycles. The number of halogens is 2. The molecule has 0 spiro atoms. The average Bonchev–Trinajstić information content (AvgIpc) is 3.20. The van der Waals surface area contributed by atoms with Gasteiger partial charge >= 0.3 is 6.61 Å². The standard InChI is InChI=1S/C22H15F2N3O2S/c23-21(24)29-18-9-2-1-8-16(18)17-13-30-22(26-17)27-19(28)11-10-15-6-3-5-14-7-4-12-25-20(14)15/h1-13,21H,(H,26,27,28)/b11-10+. The summed E-state index contributed by atoms with van der Waals surface area (Å²) in [7, 11) is 0. The largest absolute Gasteiger partial charge is 0.434 e. The number of fused-ring (bicyclic) bond motifs is 1. The normalized spacial score (nSPS) is 11.3. The number of anilines is 1. The number of ether oxygens (including phenoxy) is 1. The first kappa shape index (κ1) is 19.7. The lowest BCUT2D eigenvalue weighted by atomic mass is 10.1. The molecule has 30 heavy (non-hydrogen) atoms. The Labute approximate surface area is 174 Å². The maximum Gasteiger partial charge on any atom is 0.387 e. The Morgan fingerprint density at radius 3 is 2.80 bits per heavy atom. The zero-order chi connectivity index (χ0) is 20.9. The van der Waals surface area contributed by atoms with Crippen LogP contribution in [-0.2, 0) is 4.79 Å². The van der Waals surface area contributed by atoms with Crippen molar-refractivity contribution < 1.29 is 18.3 Å². The number of alkyl halides is 2. The van der Waals surface area contributed by atoms with E-state index in [1.54, 1.807) is 35.9 Å². The summed E-state index contributed by atoms with van der Waals surface area (Å²) >= 11 is 1.19. The van der Waals surface area contributed by atoms with Gasteiger partial charge in [-0.25, -0.2) is 4.98 Å². The van der Waals surface area contributed by atoms with E-state index in [1.807, 2.05) is 30.3 Å². The molecule has 0 unspecified atom stereocenters. The highest BCUT2D eigenvalue weighted by atomic mass is 32.1. The third kappa shape index (κ3) is 4.49. The molecule has 4 aromatic rings. The minimum Gasteiger partial charge on any atom is -0.434 e. The summed E-state index contributed by atoms with van der Waals surface area (Å²) in [4.78, 5) is 21.0. The molecule has 8 heteroatoms. The molecule has 4 rings (SSSR count). The van der Waals surface area contributed by atoms with Crippen molar-refractivity contribution in [2.45, 2.75) is 6.61 Å². The second kappa shape index (κ2) is 8.79. The van der Waals surface area contributed by atoms with Gasteiger partial charge in [0.2, 0.25) is 5.91 Å². The van der Waals surface area contributed by atoms with Crippen LogP contribution in [0.15, 0.2) is 72.3 Å². The Balaban J connectivity index is 1.49. The molecule has 2 aromatic carbocycles. The number of aromatic nitrogens is 2. The van der Waals surface area contributed by atoms with Crippen LogP contribution in [0.3, 0.4) is 0 Å². The first-order valence-electron chi connectivity index (χ1n) is 8.93. The van der Waals surface area contributed by atoms with Crippen LogP contribution in [0.5, 0.6) is 5.75 Å². The van der Waals surface area contributed by atoms with Gasteiger partial charge in [0.25, 0.3) is 0 Å². The molecule has 0 saturated carbocycles. The van der Waals surface area contributed by atoms with Gasteiger partial charge in [0, 0.05) is 34.2 Å². The third-order valence-electron chi connectivity index (χ3n) is 4.19. The predicted octanol–water partition coefficient (Wildman–Crippen LogP) is 5.61. The van der Waals surface area contributed by atoms with Gasteiger partial charge in [0.1, 0.15) is 5.75 Å². The maximum absolute atomic E-state index is 12.6. The molecule has 0 aliphatic rings. The molecular formula is C22H15F2N3O2S. The summed E-state index contributed by atoms with van der Waals surface area (Å²) in [5.74, 6) is -0.333. The quantitative estimate of drug-likeness (QED) is 0.409. The van der Waals surface area contributed by atoms with Crippen molar-refractivity contribution in [1.29, 1.82) is 0 Å². The summed E-state index contributed by atoms with van der Waals surface area (Å²) in [5.41, 5.74) is 2.48. The number of pyridine rings is 1. The molecule has 2 heterocycles. The second-order valence-electron chi connectivity index (χ2n) is 6.16. The number of carbonyl (C=O) groups excluding carboxylic acids is 1. The highest BCUT2D eigenvalue weighted by Crippen LogP contribution is 2.33. The Kier molecular flexibility index (Phi) is 5.76. The molecule has 0 bridgehead atoms. The smallest absolute Gasteiger partial charge is 0.387 e. The van der Waals surface area contributed by atoms with Crippen LogP contribution in [0.1, 0.15) is 5.56 Å². The van der Waals surface area contributed by atoms with Crippen LogP contribution < -0.4 is 10.1 Å². The number of nitrogens with zero attached hydrogens (tertiary/aromatic N) is 2. The molecule has 150 valence electrons. The van der Waals surface area contributed by atoms with Gasteiger partial charge in [-0.05, 0) is 24.3 Å². The molecule has 0 radical (unpaired) electrons. The van der Waals surface area contributed by atoms with Gasteiger partial charge in [-0.1, -0.05) is 36.4 Å². The Bertz CT molecular complexity index is 1220. The fourth-order valence-electron chi connectivity index (χ4n) is 2.91. The number of thiazole rings is 1. The van der Waals surface area contributed by atoms with Gasteiger partial charge in [0.05, 0.1) is 11.2 Å². The number of rotatable bonds is 6. The number of carbonyl (C=O) groups is 1. The minimum absolute atomic E-state index is 0.0269. The van der Waals surface area contributed by atoms with Crippen molar-refractivity contribution in [3.8, 4) is 17.0 Å². The first-order valence-corrected chi connectivity index (χ1v) is 9.80. The number of hydrogen-bond donors (Lipinski definition) is 1. The van der Waals surface area contributed by atoms with E-state index in [0.717, 1.165) is 16.5 Å². The second-order valence-corrected chi connectivity index (χ2v) is 7.02. The van der Waals surface area contributed by atoms with Crippen molar-refractivity contribution in [1.82, 2.24) is 9.97 Å². The van der Waals surface area contributed by atoms with Crippen molar-refractivity contribution in [2.75, 3.05) is 5.32 Å². The zero-order valence-corrected chi connectivity index (χ0v) is 16.3. The molecule has 0 aliphatic carbocycles. The fraction of sp³-hybridized carbons (Fsp3) is 0.0455. The van der Waals surface area contributed by atoms with E-state index in [2.05, 4.69) is 20.0 Å². The van der Waals surface area contributed by atoms with E-state index in [9.17, 15) is 13.6 Å². The number of amides is 1. The van der Waals surface area contributed by atoms with Gasteiger partial charge < -0.3 is 4.74 Å². The summed E-state index contributed by atoms with van der Waals surface area (Å²) in [6.07, 6.45) is 4.79. The fourth-order valence-corrected chi connectivity index (χ4v) is 3.62. The van der Waals surface area contributed by atoms with Crippen molar-refractivity contribution in [3.63, 3.8) is 0 Å². The Morgan fingerprint density at radius 1 is 1.10 bits per heavy atom. The number of para-hydroxylation sites is 2. The van der Waals surface area contributed by atoms with E-state index in [-0.39, 0.29) is 11.7 Å². The Hall–Kier alpha value is -3.65. The van der Waals surface area contributed by atoms with Gasteiger partial charge in [-0.3, -0.25) is 15.1 Å². The third-order valence-corrected chi connectivity index (χ3v) is 4.95. The van der Waals surface area contributed by atoms with Crippen molar-refractivity contribution in [2.24, 2.45) is 0 Å². The molecule has 1 N–H and O–H groups in total. The zero-order valence-electron chi connectivity index (χ0n) is 15.5. The van der Waals surface area contributed by atoms with E-state index < -0.39 is 6.61 Å². The van der Waals surface area contributed by atoms with Crippen LogP contribution in [0.4, 0.5) is 13.9 Å². The molecule has 0 aliphatic heterocycles. The van der Waals surface area contributed by atoms with Gasteiger partial charge in [0.15, 0.2) is 5.13 Å². The van der Waals surface area contributed by atoms with Crippen LogP contribution >= 0.6 is 11.3 Å². The van der Waals surface area contributed by atoms with Crippen LogP contribution in [0.25, 0.3) is 28.2 Å². The lowest BCUT2D eigenvalue weighted by Gasteiger charge is -2.08. The highest BCUT2D eigenvalue weighted by molar-refractivity contribution is 7.14. The number of nitrogens with one attached hydrogen (secondary N) is 1. The lowest BCUT2D eigenvalue weighted by Crippen LogP contribution is -2.07. The van der Waals surface area contributed by atoms with E-state index in [0.29, 0.717) is 16.4 Å². The molecule has 1 amide bonds. The van der Waals surface area contributed by atoms with Crippen molar-refractivity contribution in [3.05, 3.63) is 77.8 Å². The summed E-state index contributed by atoms with van der Waals surface area (Å²) in [6.45, 7) is -2.93. The topological polar surface area (TPSA) is 64.1 Å². The predicted molar refractivity (Wildman–Crippen MR) is 114 cm³/mol. The van der Waals surface area contributed by atoms with E-state index >= 15 is 0 Å². The first-order chi connectivity index (χ1) is 14.6. The molecule has 2 aromatic heterocycles. The summed E-state index contributed by atoms with van der Waals surface area (Å²) in [6, 6.07) is 15.9. The minimum atomic E-state index is -2.93. The number of benzene rings is 2. The van der Waals surface area contributed by atoms with Gasteiger partial charge in [-0.15, -0.1) is 11.3 Å². The molecular weight excluding hydrogens is 408 g/mol. The summed E-state index contributed by atoms with van der Waals surface area (Å²) < 4.78 is 29.8. The average molecular weight is 423 g/mol. The SMILES string of the molecule is O=C(/C=C/c1cccc2cccnc12)Nc1nc(-c2ccccc2OC(F)F)cs1. The van der Waals surface area contributed by atoms with Gasteiger partial charge in [-0.2, -0.15) is 8.78 Å². The molecule has 0 fully saturated rings. The lowest BCUT2D eigenvalue weighted by molar-refractivity contribution is -0.111.